The van der Waals surface area contributed by atoms with Crippen LogP contribution in [0.15, 0.2) is 67.1 Å². The van der Waals surface area contributed by atoms with Crippen LogP contribution in [0.25, 0.3) is 0 Å². The number of aromatic nitrogens is 2. The van der Waals surface area contributed by atoms with E-state index in [0.29, 0.717) is 17.3 Å². The Kier molecular flexibility index (Phi) is 6.67. The number of anilines is 3. The number of halogens is 1. The molecule has 1 aliphatic rings. The molecule has 0 bridgehead atoms. The molecule has 1 aliphatic heterocycles. The van der Waals surface area contributed by atoms with E-state index in [4.69, 9.17) is 11.6 Å². The molecule has 160 valence electrons. The van der Waals surface area contributed by atoms with Gasteiger partial charge in [-0.1, -0.05) is 41.9 Å². The second-order valence-corrected chi connectivity index (χ2v) is 8.22. The normalized spacial score (nSPS) is 17.1. The maximum absolute atomic E-state index is 12.9. The van der Waals surface area contributed by atoms with Gasteiger partial charge in [0.1, 0.15) is 5.82 Å². The minimum atomic E-state index is -0.106. The SMILES string of the molecule is C[C@H](Nc1ccc(NC(=O)[C@H]2CCCN(c3cnccn3)C2)cc1Cl)c1ccccc1. The fourth-order valence-electron chi connectivity index (χ4n) is 3.87. The van der Waals surface area contributed by atoms with Crippen LogP contribution in [0, 0.1) is 5.92 Å². The van der Waals surface area contributed by atoms with E-state index >= 15 is 0 Å². The van der Waals surface area contributed by atoms with Crippen LogP contribution in [-0.4, -0.2) is 29.0 Å². The van der Waals surface area contributed by atoms with Crippen molar-refractivity contribution in [3.05, 3.63) is 77.7 Å². The summed E-state index contributed by atoms with van der Waals surface area (Å²) < 4.78 is 0. The molecule has 3 aromatic rings. The zero-order valence-electron chi connectivity index (χ0n) is 17.5. The van der Waals surface area contributed by atoms with Gasteiger partial charge in [0.2, 0.25) is 5.91 Å². The summed E-state index contributed by atoms with van der Waals surface area (Å²) in [6, 6.07) is 15.9. The van der Waals surface area contributed by atoms with Gasteiger partial charge >= 0.3 is 0 Å². The Labute approximate surface area is 187 Å². The minimum absolute atomic E-state index is 0.00280. The van der Waals surface area contributed by atoms with Gasteiger partial charge in [-0.3, -0.25) is 9.78 Å². The van der Waals surface area contributed by atoms with Crippen LogP contribution in [0.3, 0.4) is 0 Å². The molecule has 2 atom stereocenters. The van der Waals surface area contributed by atoms with Crippen LogP contribution in [0.5, 0.6) is 0 Å². The first-order valence-corrected chi connectivity index (χ1v) is 10.9. The first kappa shape index (κ1) is 21.1. The molecule has 2 N–H and O–H groups in total. The highest BCUT2D eigenvalue weighted by Gasteiger charge is 2.26. The van der Waals surface area contributed by atoms with Crippen molar-refractivity contribution in [1.29, 1.82) is 0 Å². The van der Waals surface area contributed by atoms with Crippen LogP contribution in [0.2, 0.25) is 5.02 Å². The van der Waals surface area contributed by atoms with E-state index < -0.39 is 0 Å². The number of carbonyl (C=O) groups is 1. The van der Waals surface area contributed by atoms with Crippen molar-refractivity contribution in [3.63, 3.8) is 0 Å². The number of nitrogens with zero attached hydrogens (tertiary/aromatic N) is 3. The van der Waals surface area contributed by atoms with E-state index in [2.05, 4.69) is 44.6 Å². The largest absolute Gasteiger partial charge is 0.377 e. The number of piperidine rings is 1. The van der Waals surface area contributed by atoms with E-state index in [1.807, 2.05) is 30.3 Å². The first-order chi connectivity index (χ1) is 15.1. The molecule has 6 nitrogen and oxygen atoms in total. The highest BCUT2D eigenvalue weighted by atomic mass is 35.5. The molecule has 0 unspecified atom stereocenters. The second kappa shape index (κ2) is 9.79. The molecular formula is C24H26ClN5O. The molecular weight excluding hydrogens is 410 g/mol. The summed E-state index contributed by atoms with van der Waals surface area (Å²) in [5, 5.41) is 7.03. The lowest BCUT2D eigenvalue weighted by Crippen LogP contribution is -2.41. The summed E-state index contributed by atoms with van der Waals surface area (Å²) >= 11 is 6.50. The van der Waals surface area contributed by atoms with Gasteiger partial charge in [-0.05, 0) is 43.5 Å². The molecule has 0 saturated carbocycles. The Morgan fingerprint density at radius 1 is 1.19 bits per heavy atom. The smallest absolute Gasteiger partial charge is 0.229 e. The third kappa shape index (κ3) is 5.33. The van der Waals surface area contributed by atoms with Crippen molar-refractivity contribution < 1.29 is 4.79 Å². The lowest BCUT2D eigenvalue weighted by molar-refractivity contribution is -0.120. The lowest BCUT2D eigenvalue weighted by Gasteiger charge is -2.32. The molecule has 0 spiro atoms. The molecule has 0 aliphatic carbocycles. The van der Waals surface area contributed by atoms with Crippen LogP contribution >= 0.6 is 11.6 Å². The van der Waals surface area contributed by atoms with Crippen molar-refractivity contribution >= 4 is 34.7 Å². The maximum Gasteiger partial charge on any atom is 0.229 e. The molecule has 0 radical (unpaired) electrons. The van der Waals surface area contributed by atoms with Crippen molar-refractivity contribution in [2.75, 3.05) is 28.6 Å². The van der Waals surface area contributed by atoms with Gasteiger partial charge in [-0.25, -0.2) is 4.98 Å². The summed E-state index contributed by atoms with van der Waals surface area (Å²) in [5.41, 5.74) is 2.72. The molecule has 1 amide bonds. The molecule has 1 aromatic heterocycles. The number of amides is 1. The highest BCUT2D eigenvalue weighted by Crippen LogP contribution is 2.30. The van der Waals surface area contributed by atoms with Gasteiger partial charge in [0.05, 0.1) is 22.8 Å². The molecule has 1 saturated heterocycles. The number of hydrogen-bond donors (Lipinski definition) is 2. The zero-order valence-corrected chi connectivity index (χ0v) is 18.2. The summed E-state index contributed by atoms with van der Waals surface area (Å²) in [4.78, 5) is 23.5. The zero-order chi connectivity index (χ0) is 21.6. The number of hydrogen-bond acceptors (Lipinski definition) is 5. The van der Waals surface area contributed by atoms with Gasteiger partial charge in [0.15, 0.2) is 0 Å². The standard InChI is InChI=1S/C24H26ClN5O/c1-17(18-6-3-2-4-7-18)28-22-10-9-20(14-21(22)25)29-24(31)19-8-5-13-30(16-19)23-15-26-11-12-27-23/h2-4,6-7,9-12,14-15,17,19,28H,5,8,13,16H2,1H3,(H,29,31)/t17-,19-/m0/s1. The number of benzene rings is 2. The highest BCUT2D eigenvalue weighted by molar-refractivity contribution is 6.33. The molecule has 1 fully saturated rings. The lowest BCUT2D eigenvalue weighted by atomic mass is 9.97. The van der Waals surface area contributed by atoms with E-state index in [-0.39, 0.29) is 17.9 Å². The predicted molar refractivity (Wildman–Crippen MR) is 126 cm³/mol. The van der Waals surface area contributed by atoms with E-state index in [0.717, 1.165) is 30.9 Å². The van der Waals surface area contributed by atoms with E-state index in [9.17, 15) is 4.79 Å². The molecule has 2 heterocycles. The van der Waals surface area contributed by atoms with Crippen molar-refractivity contribution in [1.82, 2.24) is 9.97 Å². The molecule has 31 heavy (non-hydrogen) atoms. The van der Waals surface area contributed by atoms with Gasteiger partial charge in [-0.2, -0.15) is 0 Å². The number of carbonyl (C=O) groups excluding carboxylic acids is 1. The third-order valence-electron chi connectivity index (χ3n) is 5.57. The average molecular weight is 436 g/mol. The Bertz CT molecular complexity index is 1010. The van der Waals surface area contributed by atoms with Gasteiger partial charge in [0, 0.05) is 37.2 Å². The molecule has 7 heteroatoms. The van der Waals surface area contributed by atoms with Gasteiger partial charge in [0.25, 0.3) is 0 Å². The monoisotopic (exact) mass is 435 g/mol. The molecule has 4 rings (SSSR count). The fraction of sp³-hybridized carbons (Fsp3) is 0.292. The topological polar surface area (TPSA) is 70.2 Å². The van der Waals surface area contributed by atoms with E-state index in [1.54, 1.807) is 24.7 Å². The van der Waals surface area contributed by atoms with Crippen LogP contribution < -0.4 is 15.5 Å². The van der Waals surface area contributed by atoms with Gasteiger partial charge in [-0.15, -0.1) is 0 Å². The minimum Gasteiger partial charge on any atom is -0.377 e. The van der Waals surface area contributed by atoms with Crippen LogP contribution in [-0.2, 0) is 4.79 Å². The second-order valence-electron chi connectivity index (χ2n) is 7.81. The Hall–Kier alpha value is -3.12. The number of nitrogens with one attached hydrogen (secondary N) is 2. The average Bonchev–Trinajstić information content (AvgIpc) is 2.82. The maximum atomic E-state index is 12.9. The fourth-order valence-corrected chi connectivity index (χ4v) is 4.10. The first-order valence-electron chi connectivity index (χ1n) is 10.5. The van der Waals surface area contributed by atoms with Crippen molar-refractivity contribution in [3.8, 4) is 0 Å². The summed E-state index contributed by atoms with van der Waals surface area (Å²) in [5.74, 6) is 0.708. The third-order valence-corrected chi connectivity index (χ3v) is 5.89. The van der Waals surface area contributed by atoms with Crippen molar-refractivity contribution in [2.45, 2.75) is 25.8 Å². The predicted octanol–water partition coefficient (Wildman–Crippen LogP) is 5.16. The van der Waals surface area contributed by atoms with Crippen LogP contribution in [0.4, 0.5) is 17.2 Å². The van der Waals surface area contributed by atoms with Gasteiger partial charge < -0.3 is 15.5 Å². The Morgan fingerprint density at radius 3 is 2.77 bits per heavy atom. The Balaban J connectivity index is 1.38. The molecule has 2 aromatic carbocycles. The Morgan fingerprint density at radius 2 is 2.03 bits per heavy atom. The summed E-state index contributed by atoms with van der Waals surface area (Å²) in [7, 11) is 0. The van der Waals surface area contributed by atoms with E-state index in [1.165, 1.54) is 5.56 Å². The number of rotatable bonds is 6. The van der Waals surface area contributed by atoms with Crippen molar-refractivity contribution in [2.24, 2.45) is 5.92 Å². The summed E-state index contributed by atoms with van der Waals surface area (Å²) in [6.45, 7) is 3.61. The quantitative estimate of drug-likeness (QED) is 0.559. The van der Waals surface area contributed by atoms with Crippen LogP contribution in [0.1, 0.15) is 31.4 Å². The summed E-state index contributed by atoms with van der Waals surface area (Å²) in [6.07, 6.45) is 6.86.